The lowest BCUT2D eigenvalue weighted by Crippen LogP contribution is -2.13. The van der Waals surface area contributed by atoms with Crippen LogP contribution in [0.25, 0.3) is 11.6 Å². The minimum atomic E-state index is -0.278. The molecule has 0 amide bonds. The van der Waals surface area contributed by atoms with Crippen LogP contribution < -0.4 is 0 Å². The van der Waals surface area contributed by atoms with Gasteiger partial charge in [0.2, 0.25) is 0 Å². The Kier molecular flexibility index (Phi) is 4.56. The molecule has 1 heterocycles. The minimum absolute atomic E-state index is 0.278. The molecule has 0 radical (unpaired) electrons. The highest BCUT2D eigenvalue weighted by molar-refractivity contribution is 5.92. The first-order chi connectivity index (χ1) is 11.2. The third kappa shape index (κ3) is 3.34. The molecule has 3 heteroatoms. The molecule has 118 valence electrons. The highest BCUT2D eigenvalue weighted by Crippen LogP contribution is 2.32. The monoisotopic (exact) mass is 307 g/mol. The van der Waals surface area contributed by atoms with Crippen LogP contribution in [0.4, 0.5) is 0 Å². The molecule has 0 spiro atoms. The van der Waals surface area contributed by atoms with E-state index in [0.29, 0.717) is 12.2 Å². The predicted molar refractivity (Wildman–Crippen MR) is 92.2 cm³/mol. The Balaban J connectivity index is 2.01. The van der Waals surface area contributed by atoms with Gasteiger partial charge in [-0.2, -0.15) is 0 Å². The van der Waals surface area contributed by atoms with Gasteiger partial charge in [0.25, 0.3) is 0 Å². The Hall–Kier alpha value is -2.42. The molecule has 0 atom stereocenters. The summed E-state index contributed by atoms with van der Waals surface area (Å²) >= 11 is 0. The molecule has 3 nitrogen and oxygen atoms in total. The van der Waals surface area contributed by atoms with Crippen LogP contribution in [0.15, 0.2) is 36.4 Å². The van der Waals surface area contributed by atoms with Crippen molar-refractivity contribution in [3.8, 4) is 0 Å². The molecule has 3 rings (SSSR count). The molecule has 0 saturated heterocycles. The third-order valence-corrected chi connectivity index (χ3v) is 4.12. The van der Waals surface area contributed by atoms with E-state index in [1.54, 1.807) is 0 Å². The van der Waals surface area contributed by atoms with E-state index in [4.69, 9.17) is 9.72 Å². The Morgan fingerprint density at radius 2 is 2.04 bits per heavy atom. The Morgan fingerprint density at radius 1 is 1.26 bits per heavy atom. The maximum absolute atomic E-state index is 12.0. The Bertz CT molecular complexity index is 748. The number of esters is 1. The number of benzene rings is 1. The topological polar surface area (TPSA) is 39.2 Å². The molecule has 23 heavy (non-hydrogen) atoms. The number of hydrogen-bond acceptors (Lipinski definition) is 3. The largest absolute Gasteiger partial charge is 0.462 e. The first-order valence-electron chi connectivity index (χ1n) is 8.12. The van der Waals surface area contributed by atoms with Gasteiger partial charge >= 0.3 is 5.97 Å². The number of rotatable bonds is 3. The number of nitrogens with zero attached hydrogens (tertiary/aromatic N) is 1. The van der Waals surface area contributed by atoms with Crippen LogP contribution in [-0.4, -0.2) is 17.6 Å². The van der Waals surface area contributed by atoms with Crippen molar-refractivity contribution in [2.45, 2.75) is 33.1 Å². The zero-order valence-electron chi connectivity index (χ0n) is 13.6. The summed E-state index contributed by atoms with van der Waals surface area (Å²) < 4.78 is 5.13. The predicted octanol–water partition coefficient (Wildman–Crippen LogP) is 4.44. The second-order valence-corrected chi connectivity index (χ2v) is 5.78. The van der Waals surface area contributed by atoms with Gasteiger partial charge in [-0.25, -0.2) is 4.79 Å². The molecule has 0 saturated carbocycles. The van der Waals surface area contributed by atoms with Crippen LogP contribution in [0.5, 0.6) is 0 Å². The Labute approximate surface area is 137 Å². The Morgan fingerprint density at radius 3 is 2.78 bits per heavy atom. The summed E-state index contributed by atoms with van der Waals surface area (Å²) in [6.07, 6.45) is 5.27. The van der Waals surface area contributed by atoms with Crippen LogP contribution >= 0.6 is 0 Å². The zero-order valence-corrected chi connectivity index (χ0v) is 13.6. The zero-order chi connectivity index (χ0) is 16.2. The SMILES string of the molecule is CCOC(=O)c1cc2c(nc1C)/C(=C\c1ccccc1)CCC2. The summed E-state index contributed by atoms with van der Waals surface area (Å²) in [5.74, 6) is -0.278. The van der Waals surface area contributed by atoms with Crippen molar-refractivity contribution in [1.82, 2.24) is 4.98 Å². The average Bonchev–Trinajstić information content (AvgIpc) is 2.56. The van der Waals surface area contributed by atoms with Gasteiger partial charge in [0, 0.05) is 0 Å². The quantitative estimate of drug-likeness (QED) is 0.787. The van der Waals surface area contributed by atoms with Crippen molar-refractivity contribution in [3.05, 3.63) is 64.5 Å². The standard InChI is InChI=1S/C20H21NO2/c1-3-23-20(22)18-13-17-11-7-10-16(19(17)21-14(18)2)12-15-8-5-4-6-9-15/h4-6,8-9,12-13H,3,7,10-11H2,1-2H3/b16-12-. The summed E-state index contributed by atoms with van der Waals surface area (Å²) in [6.45, 7) is 4.08. The first kappa shape index (κ1) is 15.5. The fraction of sp³-hybridized carbons (Fsp3) is 0.300. The highest BCUT2D eigenvalue weighted by Gasteiger charge is 2.20. The number of pyridine rings is 1. The lowest BCUT2D eigenvalue weighted by molar-refractivity contribution is 0.0525. The van der Waals surface area contributed by atoms with Crippen LogP contribution in [0.2, 0.25) is 0 Å². The molecule has 0 aliphatic heterocycles. The molecule has 0 bridgehead atoms. The molecule has 2 aromatic rings. The van der Waals surface area contributed by atoms with E-state index in [9.17, 15) is 4.79 Å². The summed E-state index contributed by atoms with van der Waals surface area (Å²) in [5.41, 5.74) is 5.94. The van der Waals surface area contributed by atoms with Crippen molar-refractivity contribution in [2.24, 2.45) is 0 Å². The van der Waals surface area contributed by atoms with Gasteiger partial charge in [0.1, 0.15) is 0 Å². The van der Waals surface area contributed by atoms with E-state index in [1.807, 2.05) is 38.1 Å². The van der Waals surface area contributed by atoms with E-state index < -0.39 is 0 Å². The van der Waals surface area contributed by atoms with Crippen LogP contribution in [0.3, 0.4) is 0 Å². The molecule has 1 aromatic carbocycles. The second kappa shape index (κ2) is 6.78. The van der Waals surface area contributed by atoms with Crippen LogP contribution in [0.1, 0.15) is 52.6 Å². The number of aromatic nitrogens is 1. The fourth-order valence-electron chi connectivity index (χ4n) is 3.01. The smallest absolute Gasteiger partial charge is 0.339 e. The molecule has 1 aliphatic carbocycles. The maximum atomic E-state index is 12.0. The number of allylic oxidation sites excluding steroid dienone is 1. The van der Waals surface area contributed by atoms with E-state index in [-0.39, 0.29) is 5.97 Å². The summed E-state index contributed by atoms with van der Waals surface area (Å²) in [6, 6.07) is 12.3. The summed E-state index contributed by atoms with van der Waals surface area (Å²) in [4.78, 5) is 16.8. The van der Waals surface area contributed by atoms with Gasteiger partial charge in [0.15, 0.2) is 0 Å². The van der Waals surface area contributed by atoms with Gasteiger partial charge in [0.05, 0.1) is 23.6 Å². The van der Waals surface area contributed by atoms with Gasteiger partial charge in [-0.1, -0.05) is 30.3 Å². The molecule has 1 aromatic heterocycles. The molecular weight excluding hydrogens is 286 g/mol. The van der Waals surface area contributed by atoms with Crippen LogP contribution in [0, 0.1) is 6.92 Å². The van der Waals surface area contributed by atoms with Crippen molar-refractivity contribution in [1.29, 1.82) is 0 Å². The van der Waals surface area contributed by atoms with Crippen molar-refractivity contribution < 1.29 is 9.53 Å². The number of hydrogen-bond donors (Lipinski definition) is 0. The van der Waals surface area contributed by atoms with E-state index in [0.717, 1.165) is 36.2 Å². The van der Waals surface area contributed by atoms with E-state index in [1.165, 1.54) is 11.1 Å². The molecule has 1 aliphatic rings. The number of fused-ring (bicyclic) bond motifs is 1. The fourth-order valence-corrected chi connectivity index (χ4v) is 3.01. The average molecular weight is 307 g/mol. The van der Waals surface area contributed by atoms with Crippen LogP contribution in [-0.2, 0) is 11.2 Å². The lowest BCUT2D eigenvalue weighted by Gasteiger charge is -2.20. The molecular formula is C20H21NO2. The van der Waals surface area contributed by atoms with Gasteiger partial charge in [-0.05, 0) is 62.0 Å². The van der Waals surface area contributed by atoms with Crippen molar-refractivity contribution in [2.75, 3.05) is 6.61 Å². The first-order valence-corrected chi connectivity index (χ1v) is 8.12. The van der Waals surface area contributed by atoms with Gasteiger partial charge < -0.3 is 4.74 Å². The normalized spacial score (nSPS) is 15.3. The number of carbonyl (C=O) groups excluding carboxylic acids is 1. The number of ether oxygens (including phenoxy) is 1. The van der Waals surface area contributed by atoms with Gasteiger partial charge in [-0.15, -0.1) is 0 Å². The minimum Gasteiger partial charge on any atom is -0.462 e. The number of carbonyl (C=O) groups is 1. The second-order valence-electron chi connectivity index (χ2n) is 5.78. The van der Waals surface area contributed by atoms with E-state index >= 15 is 0 Å². The summed E-state index contributed by atoms with van der Waals surface area (Å²) in [7, 11) is 0. The molecule has 0 N–H and O–H groups in total. The van der Waals surface area contributed by atoms with E-state index in [2.05, 4.69) is 18.2 Å². The van der Waals surface area contributed by atoms with Gasteiger partial charge in [-0.3, -0.25) is 4.98 Å². The lowest BCUT2D eigenvalue weighted by atomic mass is 9.89. The maximum Gasteiger partial charge on any atom is 0.339 e. The van der Waals surface area contributed by atoms with Crippen molar-refractivity contribution in [3.63, 3.8) is 0 Å². The number of aryl methyl sites for hydroxylation is 2. The molecule has 0 unspecified atom stereocenters. The third-order valence-electron chi connectivity index (χ3n) is 4.12. The van der Waals surface area contributed by atoms with Crippen molar-refractivity contribution >= 4 is 17.6 Å². The highest BCUT2D eigenvalue weighted by atomic mass is 16.5. The summed E-state index contributed by atoms with van der Waals surface area (Å²) in [5, 5.41) is 0. The molecule has 0 fully saturated rings.